The topological polar surface area (TPSA) is 48.6 Å². The van der Waals surface area contributed by atoms with Crippen molar-refractivity contribution in [2.24, 2.45) is 9.98 Å². The van der Waals surface area contributed by atoms with Crippen molar-refractivity contribution in [3.63, 3.8) is 0 Å². The minimum Gasteiger partial charge on any atom is -0.282 e. The highest BCUT2D eigenvalue weighted by Gasteiger charge is 2.13. The maximum Gasteiger partial charge on any atom is 0.161 e. The van der Waals surface area contributed by atoms with Crippen molar-refractivity contribution in [1.82, 2.24) is 0 Å². The number of fused-ring (bicyclic) bond motifs is 7. The number of amidine groups is 2. The van der Waals surface area contributed by atoms with E-state index >= 15 is 0 Å². The van der Waals surface area contributed by atoms with Gasteiger partial charge in [0.25, 0.3) is 0 Å². The van der Waals surface area contributed by atoms with Crippen LogP contribution in [0.1, 0.15) is 16.7 Å². The standard InChI is InChI=1S/C51H33N3S/c52-50(36-23-21-34(22-24-36)33-11-2-1-3-12-33)54-51(40-16-10-15-37(29-40)38-26-28-45-44-19-8-9-20-48(44)55-49(45)31-38)53-32-47-42-18-7-5-14-39(42)30-46-41-17-6-4-13-35(41)25-27-43(46)47/h1-32,52H. The smallest absolute Gasteiger partial charge is 0.161 e. The largest absolute Gasteiger partial charge is 0.282 e. The molecule has 9 aromatic carbocycles. The molecule has 0 saturated heterocycles. The van der Waals surface area contributed by atoms with Crippen LogP contribution < -0.4 is 0 Å². The summed E-state index contributed by atoms with van der Waals surface area (Å²) in [4.78, 5) is 10.1. The van der Waals surface area contributed by atoms with Gasteiger partial charge in [0.05, 0.1) is 0 Å². The van der Waals surface area contributed by atoms with Gasteiger partial charge in [-0.2, -0.15) is 0 Å². The fraction of sp³-hybridized carbons (Fsp3) is 0. The van der Waals surface area contributed by atoms with E-state index in [1.807, 2.05) is 53.9 Å². The van der Waals surface area contributed by atoms with Crippen LogP contribution in [0.25, 0.3) is 74.7 Å². The summed E-state index contributed by atoms with van der Waals surface area (Å²) >= 11 is 1.82. The Labute approximate surface area is 322 Å². The number of rotatable bonds is 5. The van der Waals surface area contributed by atoms with Gasteiger partial charge in [0.15, 0.2) is 11.7 Å². The molecule has 0 fully saturated rings. The molecule has 0 spiro atoms. The summed E-state index contributed by atoms with van der Waals surface area (Å²) in [6.45, 7) is 0. The van der Waals surface area contributed by atoms with Gasteiger partial charge in [-0.25, -0.2) is 9.98 Å². The molecule has 258 valence electrons. The number of aliphatic imine (C=N–C) groups is 2. The zero-order valence-electron chi connectivity index (χ0n) is 29.8. The van der Waals surface area contributed by atoms with Crippen LogP contribution in [0.15, 0.2) is 198 Å². The Hall–Kier alpha value is -7.01. The van der Waals surface area contributed by atoms with Crippen LogP contribution in [0.2, 0.25) is 0 Å². The average molecular weight is 720 g/mol. The predicted octanol–water partition coefficient (Wildman–Crippen LogP) is 13.7. The molecular formula is C51H33N3S. The molecule has 0 radical (unpaired) electrons. The van der Waals surface area contributed by atoms with Gasteiger partial charge in [0.1, 0.15) is 0 Å². The molecule has 10 aromatic rings. The Morgan fingerprint density at radius 2 is 1.05 bits per heavy atom. The van der Waals surface area contributed by atoms with Gasteiger partial charge < -0.3 is 0 Å². The molecule has 0 aliphatic carbocycles. The minimum atomic E-state index is 0.151. The number of benzene rings is 9. The highest BCUT2D eigenvalue weighted by Crippen LogP contribution is 2.37. The third kappa shape index (κ3) is 6.09. The van der Waals surface area contributed by atoms with Crippen LogP contribution >= 0.6 is 11.3 Å². The van der Waals surface area contributed by atoms with Gasteiger partial charge >= 0.3 is 0 Å². The van der Waals surface area contributed by atoms with Crippen LogP contribution in [0.3, 0.4) is 0 Å². The van der Waals surface area contributed by atoms with Gasteiger partial charge in [-0.15, -0.1) is 11.3 Å². The van der Waals surface area contributed by atoms with E-state index in [1.165, 1.54) is 36.3 Å². The highest BCUT2D eigenvalue weighted by atomic mass is 32.1. The lowest BCUT2D eigenvalue weighted by Gasteiger charge is -2.11. The fourth-order valence-electron chi connectivity index (χ4n) is 7.65. The molecule has 55 heavy (non-hydrogen) atoms. The van der Waals surface area contributed by atoms with Crippen LogP contribution in [-0.4, -0.2) is 17.9 Å². The Morgan fingerprint density at radius 1 is 0.418 bits per heavy atom. The van der Waals surface area contributed by atoms with Crippen molar-refractivity contribution in [1.29, 1.82) is 5.41 Å². The number of nitrogens with zero attached hydrogens (tertiary/aromatic N) is 2. The van der Waals surface area contributed by atoms with Crippen LogP contribution in [-0.2, 0) is 0 Å². The fourth-order valence-corrected chi connectivity index (χ4v) is 8.80. The average Bonchev–Trinajstić information content (AvgIpc) is 3.63. The lowest BCUT2D eigenvalue weighted by molar-refractivity contribution is 1.40. The summed E-state index contributed by atoms with van der Waals surface area (Å²) in [5.41, 5.74) is 7.01. The predicted molar refractivity (Wildman–Crippen MR) is 237 cm³/mol. The molecule has 0 atom stereocenters. The van der Waals surface area contributed by atoms with Crippen molar-refractivity contribution in [2.45, 2.75) is 0 Å². The second kappa shape index (κ2) is 13.8. The molecule has 0 aliphatic rings. The van der Waals surface area contributed by atoms with Crippen molar-refractivity contribution in [3.8, 4) is 22.3 Å². The second-order valence-corrected chi connectivity index (χ2v) is 14.9. The molecule has 4 heteroatoms. The summed E-state index contributed by atoms with van der Waals surface area (Å²) in [6, 6.07) is 65.7. The number of thiophene rings is 1. The summed E-state index contributed by atoms with van der Waals surface area (Å²) in [6.07, 6.45) is 1.94. The summed E-state index contributed by atoms with van der Waals surface area (Å²) in [5.74, 6) is 0.626. The first-order valence-electron chi connectivity index (χ1n) is 18.4. The molecule has 10 rings (SSSR count). The molecule has 0 aliphatic heterocycles. The normalized spacial score (nSPS) is 12.1. The minimum absolute atomic E-state index is 0.151. The van der Waals surface area contributed by atoms with E-state index in [-0.39, 0.29) is 5.84 Å². The number of hydrogen-bond acceptors (Lipinski definition) is 2. The van der Waals surface area contributed by atoms with Crippen molar-refractivity contribution in [3.05, 3.63) is 205 Å². The van der Waals surface area contributed by atoms with Crippen LogP contribution in [0.5, 0.6) is 0 Å². The highest BCUT2D eigenvalue weighted by molar-refractivity contribution is 7.25. The Balaban J connectivity index is 1.11. The first kappa shape index (κ1) is 32.6. The van der Waals surface area contributed by atoms with E-state index in [1.54, 1.807) is 0 Å². The Morgan fingerprint density at radius 3 is 1.91 bits per heavy atom. The summed E-state index contributed by atoms with van der Waals surface area (Å²) in [7, 11) is 0. The molecule has 0 saturated carbocycles. The van der Waals surface area contributed by atoms with E-state index < -0.39 is 0 Å². The van der Waals surface area contributed by atoms with Gasteiger partial charge in [0.2, 0.25) is 0 Å². The maximum absolute atomic E-state index is 9.22. The van der Waals surface area contributed by atoms with Crippen molar-refractivity contribution in [2.75, 3.05) is 0 Å². The third-order valence-corrected chi connectivity index (χ3v) is 11.6. The zero-order chi connectivity index (χ0) is 36.7. The molecule has 0 amide bonds. The van der Waals surface area contributed by atoms with Crippen molar-refractivity contribution < 1.29 is 0 Å². The first-order chi connectivity index (χ1) is 27.2. The number of nitrogens with one attached hydrogen (secondary N) is 1. The first-order valence-corrected chi connectivity index (χ1v) is 19.2. The number of hydrogen-bond donors (Lipinski definition) is 1. The summed E-state index contributed by atoms with van der Waals surface area (Å²) in [5, 5.41) is 18.8. The zero-order valence-corrected chi connectivity index (χ0v) is 30.6. The van der Waals surface area contributed by atoms with Gasteiger partial charge in [-0.05, 0) is 78.8 Å². The van der Waals surface area contributed by atoms with Gasteiger partial charge in [-0.1, -0.05) is 164 Å². The molecular weight excluding hydrogens is 687 g/mol. The maximum atomic E-state index is 9.22. The molecule has 0 bridgehead atoms. The van der Waals surface area contributed by atoms with E-state index in [4.69, 9.17) is 9.98 Å². The monoisotopic (exact) mass is 719 g/mol. The quantitative estimate of drug-likeness (QED) is 0.0797. The van der Waals surface area contributed by atoms with Crippen molar-refractivity contribution >= 4 is 81.7 Å². The third-order valence-electron chi connectivity index (χ3n) is 10.4. The summed E-state index contributed by atoms with van der Waals surface area (Å²) < 4.78 is 2.54. The SMILES string of the molecule is N=C(N=C(N=Cc1c2ccccc2cc2c1ccc1ccccc12)c1cccc(-c2ccc3c(c2)sc2ccccc23)c1)c1ccc(-c2ccccc2)cc1. The second-order valence-electron chi connectivity index (χ2n) is 13.8. The van der Waals surface area contributed by atoms with Crippen LogP contribution in [0, 0.1) is 5.41 Å². The van der Waals surface area contributed by atoms with Crippen LogP contribution in [0.4, 0.5) is 0 Å². The Kier molecular flexibility index (Phi) is 8.16. The lowest BCUT2D eigenvalue weighted by atomic mass is 9.94. The van der Waals surface area contributed by atoms with Gasteiger partial charge in [-0.3, -0.25) is 5.41 Å². The molecule has 1 N–H and O–H groups in total. The lowest BCUT2D eigenvalue weighted by Crippen LogP contribution is -2.05. The van der Waals surface area contributed by atoms with E-state index in [0.717, 1.165) is 55.1 Å². The molecule has 1 aromatic heterocycles. The molecule has 1 heterocycles. The van der Waals surface area contributed by atoms with E-state index in [9.17, 15) is 5.41 Å². The molecule has 0 unspecified atom stereocenters. The molecule has 3 nitrogen and oxygen atoms in total. The van der Waals surface area contributed by atoms with E-state index in [0.29, 0.717) is 5.84 Å². The van der Waals surface area contributed by atoms with Gasteiger partial charge in [0, 0.05) is 43.1 Å². The Bertz CT molecular complexity index is 3150. The van der Waals surface area contributed by atoms with E-state index in [2.05, 4.69) is 152 Å².